The zero-order valence-corrected chi connectivity index (χ0v) is 32.6. The van der Waals surface area contributed by atoms with E-state index in [-0.39, 0.29) is 26.5 Å². The molecular formula is C50H37N3Pt. The van der Waals surface area contributed by atoms with Crippen LogP contribution in [0.15, 0.2) is 170 Å². The van der Waals surface area contributed by atoms with E-state index in [4.69, 9.17) is 9.97 Å². The Balaban J connectivity index is 0.00000413. The minimum atomic E-state index is -0.0195. The number of hydrogen-bond acceptors (Lipinski definition) is 2. The summed E-state index contributed by atoms with van der Waals surface area (Å²) in [6.45, 7) is 6.80. The molecule has 9 aromatic rings. The van der Waals surface area contributed by atoms with Crippen LogP contribution in [0.25, 0.3) is 83.6 Å². The van der Waals surface area contributed by atoms with Crippen LogP contribution >= 0.6 is 0 Å². The van der Waals surface area contributed by atoms with Crippen LogP contribution in [0.3, 0.4) is 0 Å². The van der Waals surface area contributed by atoms with E-state index in [2.05, 4.69) is 183 Å². The Morgan fingerprint density at radius 1 is 0.519 bits per heavy atom. The summed E-state index contributed by atoms with van der Waals surface area (Å²) in [6.07, 6.45) is 0. The van der Waals surface area contributed by atoms with E-state index in [1.54, 1.807) is 0 Å². The van der Waals surface area contributed by atoms with Gasteiger partial charge in [0, 0.05) is 11.1 Å². The molecule has 0 unspecified atom stereocenters. The number of fused-ring (bicyclic) bond motifs is 2. The van der Waals surface area contributed by atoms with E-state index >= 15 is 0 Å². The zero-order valence-electron chi connectivity index (χ0n) is 30.3. The molecule has 262 valence electrons. The largest absolute Gasteiger partial charge is 2.00 e. The fourth-order valence-corrected chi connectivity index (χ4v) is 7.28. The maximum absolute atomic E-state index is 5.54. The molecule has 54 heavy (non-hydrogen) atoms. The standard InChI is InChI=1S/C50H37N3.Pt/c1-50(2,3)39-30-31-46(43(33-39)36-18-8-5-9-19-36)53-47-29-14-26-42(48(47)52-49(53)41-25-13-21-35-20-10-11-24-40(35)41)45-28-15-27-44(51-45)38-23-12-22-37(32-38)34-16-6-4-7-17-34;/h4-22,25-33H,1-3H3;/q-2;+2. The first-order valence-electron chi connectivity index (χ1n) is 18.1. The van der Waals surface area contributed by atoms with Crippen molar-refractivity contribution in [2.24, 2.45) is 0 Å². The normalized spacial score (nSPS) is 11.5. The van der Waals surface area contributed by atoms with Crippen molar-refractivity contribution in [2.45, 2.75) is 26.2 Å². The first kappa shape index (κ1) is 35.2. The molecule has 0 bridgehead atoms. The van der Waals surface area contributed by atoms with Crippen molar-refractivity contribution in [1.82, 2.24) is 14.5 Å². The SMILES string of the molecule is CC(C)(C)c1ccc(-n2c(-c3cccc4ccc[c-]c34)nc3c(-c4cccc(-c5[c-]ccc(-c6ccccc6)c5)n4)cccc32)c(-c2ccccc2)c1.[Pt+2]. The average Bonchev–Trinajstić information content (AvgIpc) is 3.60. The van der Waals surface area contributed by atoms with Crippen molar-refractivity contribution >= 4 is 21.8 Å². The van der Waals surface area contributed by atoms with Crippen LogP contribution in [0.5, 0.6) is 0 Å². The van der Waals surface area contributed by atoms with E-state index in [0.717, 1.165) is 83.6 Å². The van der Waals surface area contributed by atoms with Gasteiger partial charge in [0.1, 0.15) is 5.82 Å². The maximum atomic E-state index is 5.54. The van der Waals surface area contributed by atoms with Crippen LogP contribution in [0, 0.1) is 12.1 Å². The molecule has 0 aliphatic heterocycles. The Labute approximate surface area is 331 Å². The maximum Gasteiger partial charge on any atom is 2.00 e. The van der Waals surface area contributed by atoms with Gasteiger partial charge in [-0.1, -0.05) is 136 Å². The number of rotatable bonds is 6. The van der Waals surface area contributed by atoms with E-state index in [1.807, 2.05) is 24.3 Å². The first-order chi connectivity index (χ1) is 25.9. The molecule has 7 aromatic carbocycles. The van der Waals surface area contributed by atoms with Gasteiger partial charge >= 0.3 is 21.1 Å². The monoisotopic (exact) mass is 874 g/mol. The fourth-order valence-electron chi connectivity index (χ4n) is 7.28. The van der Waals surface area contributed by atoms with Gasteiger partial charge in [0.2, 0.25) is 0 Å². The Bertz CT molecular complexity index is 2750. The molecular weight excluding hydrogens is 838 g/mol. The van der Waals surface area contributed by atoms with Gasteiger partial charge in [-0.3, -0.25) is 9.55 Å². The van der Waals surface area contributed by atoms with E-state index in [1.165, 1.54) is 5.56 Å². The molecule has 0 radical (unpaired) electrons. The summed E-state index contributed by atoms with van der Waals surface area (Å²) in [5, 5.41) is 2.16. The van der Waals surface area contributed by atoms with Gasteiger partial charge in [0.15, 0.2) is 0 Å². The van der Waals surface area contributed by atoms with Crippen molar-refractivity contribution in [3.05, 3.63) is 188 Å². The minimum Gasteiger partial charge on any atom is -0.299 e. The Kier molecular flexibility index (Phi) is 9.44. The van der Waals surface area contributed by atoms with Crippen LogP contribution in [-0.4, -0.2) is 14.5 Å². The second kappa shape index (κ2) is 14.5. The molecule has 0 spiro atoms. The van der Waals surface area contributed by atoms with Crippen LogP contribution in [0.4, 0.5) is 0 Å². The average molecular weight is 875 g/mol. The van der Waals surface area contributed by atoms with Crippen molar-refractivity contribution in [3.63, 3.8) is 0 Å². The van der Waals surface area contributed by atoms with Crippen molar-refractivity contribution < 1.29 is 21.1 Å². The van der Waals surface area contributed by atoms with Gasteiger partial charge in [0.25, 0.3) is 0 Å². The smallest absolute Gasteiger partial charge is 0.299 e. The predicted molar refractivity (Wildman–Crippen MR) is 220 cm³/mol. The molecule has 9 rings (SSSR count). The Morgan fingerprint density at radius 3 is 2.02 bits per heavy atom. The van der Waals surface area contributed by atoms with Crippen LogP contribution < -0.4 is 0 Å². The molecule has 0 saturated heterocycles. The summed E-state index contributed by atoms with van der Waals surface area (Å²) >= 11 is 0. The van der Waals surface area contributed by atoms with E-state index < -0.39 is 0 Å². The molecule has 0 amide bonds. The minimum absolute atomic E-state index is 0. The van der Waals surface area contributed by atoms with Gasteiger partial charge in [-0.25, -0.2) is 4.98 Å². The molecule has 0 saturated carbocycles. The second-order valence-electron chi connectivity index (χ2n) is 14.5. The Hall–Kier alpha value is -5.89. The molecule has 0 aliphatic carbocycles. The van der Waals surface area contributed by atoms with Crippen molar-refractivity contribution in [3.8, 4) is 61.8 Å². The van der Waals surface area contributed by atoms with Gasteiger partial charge in [-0.15, -0.1) is 70.4 Å². The van der Waals surface area contributed by atoms with E-state index in [9.17, 15) is 0 Å². The molecule has 2 aromatic heterocycles. The molecule has 2 heterocycles. The zero-order chi connectivity index (χ0) is 35.9. The van der Waals surface area contributed by atoms with Gasteiger partial charge < -0.3 is 0 Å². The Morgan fingerprint density at radius 2 is 1.22 bits per heavy atom. The van der Waals surface area contributed by atoms with Gasteiger partial charge in [0.05, 0.1) is 22.4 Å². The third-order valence-electron chi connectivity index (χ3n) is 10.0. The molecule has 0 fully saturated rings. The summed E-state index contributed by atoms with van der Waals surface area (Å²) in [4.78, 5) is 10.8. The summed E-state index contributed by atoms with van der Waals surface area (Å²) in [6, 6.07) is 66.4. The van der Waals surface area contributed by atoms with Gasteiger partial charge in [-0.2, -0.15) is 0 Å². The summed E-state index contributed by atoms with van der Waals surface area (Å²) in [7, 11) is 0. The molecule has 3 nitrogen and oxygen atoms in total. The van der Waals surface area contributed by atoms with Crippen LogP contribution in [0.2, 0.25) is 0 Å². The first-order valence-corrected chi connectivity index (χ1v) is 18.1. The molecule has 4 heteroatoms. The summed E-state index contributed by atoms with van der Waals surface area (Å²) < 4.78 is 2.34. The number of aromatic nitrogens is 3. The molecule has 0 N–H and O–H groups in total. The number of imidazole rings is 1. The number of para-hydroxylation sites is 1. The summed E-state index contributed by atoms with van der Waals surface area (Å²) in [5.41, 5.74) is 13.5. The topological polar surface area (TPSA) is 30.7 Å². The van der Waals surface area contributed by atoms with Gasteiger partial charge in [-0.05, 0) is 52.1 Å². The second-order valence-corrected chi connectivity index (χ2v) is 14.5. The third kappa shape index (κ3) is 6.50. The quantitative estimate of drug-likeness (QED) is 0.156. The van der Waals surface area contributed by atoms with Crippen LogP contribution in [0.1, 0.15) is 26.3 Å². The fraction of sp³-hybridized carbons (Fsp3) is 0.0800. The number of pyridine rings is 1. The summed E-state index contributed by atoms with van der Waals surface area (Å²) in [5.74, 6) is 0.862. The van der Waals surface area contributed by atoms with Crippen LogP contribution in [-0.2, 0) is 26.5 Å². The number of nitrogens with zero attached hydrogens (tertiary/aromatic N) is 3. The van der Waals surface area contributed by atoms with Crippen molar-refractivity contribution in [2.75, 3.05) is 0 Å². The predicted octanol–water partition coefficient (Wildman–Crippen LogP) is 12.8. The van der Waals surface area contributed by atoms with Crippen molar-refractivity contribution in [1.29, 1.82) is 0 Å². The van der Waals surface area contributed by atoms with E-state index in [0.29, 0.717) is 0 Å². The molecule has 0 atom stereocenters. The number of benzene rings is 7. The molecule has 0 aliphatic rings. The number of hydrogen-bond donors (Lipinski definition) is 0. The third-order valence-corrected chi connectivity index (χ3v) is 10.0.